The molecule has 5 nitrogen and oxygen atoms in total. The maximum atomic E-state index is 5.34. The molecule has 0 aliphatic carbocycles. The van der Waals surface area contributed by atoms with Crippen molar-refractivity contribution in [2.24, 2.45) is 0 Å². The largest absolute Gasteiger partial charge is 0.380 e. The van der Waals surface area contributed by atoms with Crippen molar-refractivity contribution in [3.63, 3.8) is 0 Å². The number of rotatable bonds is 8. The van der Waals surface area contributed by atoms with Crippen LogP contribution < -0.4 is 5.32 Å². The number of nitrogens with zero attached hydrogens (tertiary/aromatic N) is 3. The minimum atomic E-state index is 0.704. The quantitative estimate of drug-likeness (QED) is 0.672. The Bertz CT molecular complexity index is 298. The van der Waals surface area contributed by atoms with E-state index in [1.807, 2.05) is 18.7 Å². The van der Waals surface area contributed by atoms with Crippen molar-refractivity contribution in [1.82, 2.24) is 20.3 Å². The zero-order valence-electron chi connectivity index (χ0n) is 10.5. The van der Waals surface area contributed by atoms with Gasteiger partial charge in [-0.1, -0.05) is 18.6 Å². The zero-order chi connectivity index (χ0) is 11.8. The minimum Gasteiger partial charge on any atom is -0.380 e. The van der Waals surface area contributed by atoms with Gasteiger partial charge in [0.2, 0.25) is 0 Å². The average molecular weight is 226 g/mol. The van der Waals surface area contributed by atoms with Crippen LogP contribution in [-0.4, -0.2) is 35.3 Å². The molecular weight excluding hydrogens is 204 g/mol. The van der Waals surface area contributed by atoms with Gasteiger partial charge in [-0.3, -0.25) is 0 Å². The topological polar surface area (TPSA) is 52.0 Å². The minimum absolute atomic E-state index is 0.704. The van der Waals surface area contributed by atoms with E-state index >= 15 is 0 Å². The second-order valence-corrected chi connectivity index (χ2v) is 3.68. The molecule has 0 saturated carbocycles. The number of ether oxygens (including phenoxy) is 1. The summed E-state index contributed by atoms with van der Waals surface area (Å²) in [7, 11) is 1.93. The molecule has 0 spiro atoms. The maximum Gasteiger partial charge on any atom is 0.0996 e. The van der Waals surface area contributed by atoms with Crippen LogP contribution in [-0.2, 0) is 24.2 Å². The highest BCUT2D eigenvalue weighted by molar-refractivity contribution is 5.10. The number of hydrogen-bond donors (Lipinski definition) is 1. The molecule has 0 aliphatic rings. The molecule has 1 heterocycles. The lowest BCUT2D eigenvalue weighted by atomic mass is 10.2. The fraction of sp³-hybridized carbons (Fsp3) is 0.818. The first-order chi connectivity index (χ1) is 7.83. The summed E-state index contributed by atoms with van der Waals surface area (Å²) in [6.07, 6.45) is 2.13. The summed E-state index contributed by atoms with van der Waals surface area (Å²) in [5.74, 6) is 0. The van der Waals surface area contributed by atoms with Gasteiger partial charge in [-0.05, 0) is 20.4 Å². The van der Waals surface area contributed by atoms with Gasteiger partial charge >= 0.3 is 0 Å². The van der Waals surface area contributed by atoms with Gasteiger partial charge in [-0.15, -0.1) is 5.10 Å². The van der Waals surface area contributed by atoms with Crippen molar-refractivity contribution in [3.05, 3.63) is 11.4 Å². The summed E-state index contributed by atoms with van der Waals surface area (Å²) in [6.45, 7) is 7.20. The molecule has 1 N–H and O–H groups in total. The van der Waals surface area contributed by atoms with Gasteiger partial charge < -0.3 is 10.1 Å². The van der Waals surface area contributed by atoms with E-state index in [1.165, 1.54) is 5.69 Å². The van der Waals surface area contributed by atoms with E-state index in [9.17, 15) is 0 Å². The third kappa shape index (κ3) is 3.57. The van der Waals surface area contributed by atoms with Crippen LogP contribution in [0.5, 0.6) is 0 Å². The molecule has 1 aromatic rings. The number of aromatic nitrogens is 3. The highest BCUT2D eigenvalue weighted by Gasteiger charge is 2.10. The maximum absolute atomic E-state index is 5.34. The van der Waals surface area contributed by atoms with E-state index in [2.05, 4.69) is 22.6 Å². The standard InChI is InChI=1S/C11H22N4O/c1-4-6-11-10(9-12-3)13-14-15(11)7-8-16-5-2/h12H,4-9H2,1-3H3. The third-order valence-corrected chi connectivity index (χ3v) is 2.40. The smallest absolute Gasteiger partial charge is 0.0996 e. The van der Waals surface area contributed by atoms with E-state index in [0.29, 0.717) is 6.61 Å². The third-order valence-electron chi connectivity index (χ3n) is 2.40. The highest BCUT2D eigenvalue weighted by atomic mass is 16.5. The predicted octanol–water partition coefficient (Wildman–Crippen LogP) is 0.986. The Morgan fingerprint density at radius 3 is 2.81 bits per heavy atom. The molecule has 16 heavy (non-hydrogen) atoms. The zero-order valence-corrected chi connectivity index (χ0v) is 10.5. The van der Waals surface area contributed by atoms with Crippen molar-refractivity contribution < 1.29 is 4.74 Å². The van der Waals surface area contributed by atoms with Crippen LogP contribution in [0.1, 0.15) is 31.7 Å². The molecule has 0 bridgehead atoms. The molecule has 0 aromatic carbocycles. The molecule has 1 aromatic heterocycles. The lowest BCUT2D eigenvalue weighted by Gasteiger charge is -2.07. The highest BCUT2D eigenvalue weighted by Crippen LogP contribution is 2.08. The molecule has 0 radical (unpaired) electrons. The van der Waals surface area contributed by atoms with Crippen LogP contribution in [0.2, 0.25) is 0 Å². The fourth-order valence-electron chi connectivity index (χ4n) is 1.66. The van der Waals surface area contributed by atoms with Gasteiger partial charge in [0, 0.05) is 13.2 Å². The molecule has 0 unspecified atom stereocenters. The first kappa shape index (κ1) is 13.1. The second-order valence-electron chi connectivity index (χ2n) is 3.68. The van der Waals surface area contributed by atoms with E-state index in [1.54, 1.807) is 0 Å². The summed E-state index contributed by atoms with van der Waals surface area (Å²) < 4.78 is 7.30. The Kier molecular flexibility index (Phi) is 6.03. The van der Waals surface area contributed by atoms with Crippen LogP contribution in [0.25, 0.3) is 0 Å². The second kappa shape index (κ2) is 7.35. The van der Waals surface area contributed by atoms with Crippen molar-refractivity contribution in [1.29, 1.82) is 0 Å². The van der Waals surface area contributed by atoms with Crippen LogP contribution in [0, 0.1) is 0 Å². The SMILES string of the molecule is CCCc1c(CNC)nnn1CCOCC. The molecule has 0 fully saturated rings. The van der Waals surface area contributed by atoms with E-state index < -0.39 is 0 Å². The van der Waals surface area contributed by atoms with E-state index in [4.69, 9.17) is 4.74 Å². The van der Waals surface area contributed by atoms with Crippen molar-refractivity contribution in [2.45, 2.75) is 39.8 Å². The van der Waals surface area contributed by atoms with Gasteiger partial charge in [-0.25, -0.2) is 4.68 Å². The van der Waals surface area contributed by atoms with Crippen LogP contribution >= 0.6 is 0 Å². The van der Waals surface area contributed by atoms with Crippen LogP contribution in [0.15, 0.2) is 0 Å². The molecule has 5 heteroatoms. The molecule has 0 amide bonds. The van der Waals surface area contributed by atoms with Gasteiger partial charge in [0.15, 0.2) is 0 Å². The van der Waals surface area contributed by atoms with Gasteiger partial charge in [0.25, 0.3) is 0 Å². The lowest BCUT2D eigenvalue weighted by Crippen LogP contribution is -2.13. The molecule has 0 aliphatic heterocycles. The number of hydrogen-bond acceptors (Lipinski definition) is 4. The fourth-order valence-corrected chi connectivity index (χ4v) is 1.66. The van der Waals surface area contributed by atoms with Gasteiger partial charge in [-0.2, -0.15) is 0 Å². The summed E-state index contributed by atoms with van der Waals surface area (Å²) in [5.41, 5.74) is 2.29. The van der Waals surface area contributed by atoms with Gasteiger partial charge in [0.05, 0.1) is 24.5 Å². The Morgan fingerprint density at radius 2 is 2.19 bits per heavy atom. The molecule has 92 valence electrons. The average Bonchev–Trinajstić information content (AvgIpc) is 2.64. The predicted molar refractivity (Wildman–Crippen MR) is 63.3 cm³/mol. The Morgan fingerprint density at radius 1 is 1.38 bits per heavy atom. The van der Waals surface area contributed by atoms with Crippen molar-refractivity contribution >= 4 is 0 Å². The van der Waals surface area contributed by atoms with Gasteiger partial charge in [0.1, 0.15) is 0 Å². The van der Waals surface area contributed by atoms with E-state index in [-0.39, 0.29) is 0 Å². The van der Waals surface area contributed by atoms with Crippen molar-refractivity contribution in [2.75, 3.05) is 20.3 Å². The normalized spacial score (nSPS) is 10.9. The molecular formula is C11H22N4O. The Labute approximate surface area is 97.2 Å². The van der Waals surface area contributed by atoms with Crippen molar-refractivity contribution in [3.8, 4) is 0 Å². The molecule has 0 saturated heterocycles. The molecule has 1 rings (SSSR count). The summed E-state index contributed by atoms with van der Waals surface area (Å²) in [6, 6.07) is 0. The summed E-state index contributed by atoms with van der Waals surface area (Å²) in [4.78, 5) is 0. The monoisotopic (exact) mass is 226 g/mol. The van der Waals surface area contributed by atoms with Crippen LogP contribution in [0.4, 0.5) is 0 Å². The Balaban J connectivity index is 2.66. The summed E-state index contributed by atoms with van der Waals surface area (Å²) in [5, 5.41) is 11.5. The summed E-state index contributed by atoms with van der Waals surface area (Å²) >= 11 is 0. The van der Waals surface area contributed by atoms with Crippen LogP contribution in [0.3, 0.4) is 0 Å². The Hall–Kier alpha value is -0.940. The lowest BCUT2D eigenvalue weighted by molar-refractivity contribution is 0.135. The number of nitrogens with one attached hydrogen (secondary N) is 1. The van der Waals surface area contributed by atoms with E-state index in [0.717, 1.165) is 38.2 Å². The first-order valence-corrected chi connectivity index (χ1v) is 5.97. The first-order valence-electron chi connectivity index (χ1n) is 5.97. The molecule has 0 atom stereocenters.